The molecule has 3 N–H and O–H groups in total. The first-order valence-electron chi connectivity index (χ1n) is 7.04. The molecule has 7 heteroatoms. The molecule has 0 fully saturated rings. The number of nitrogens with two attached hydrogens (primary N) is 1. The number of aromatic nitrogens is 4. The number of hydrogen-bond donors (Lipinski definition) is 2. The minimum Gasteiger partial charge on any atom is -0.326 e. The minimum atomic E-state index is 0. The second kappa shape index (κ2) is 7.21. The number of rotatable bonds is 4. The number of hydrogen-bond acceptors (Lipinski definition) is 5. The zero-order valence-corrected chi connectivity index (χ0v) is 13.8. The molecule has 0 amide bonds. The number of anilines is 2. The summed E-state index contributed by atoms with van der Waals surface area (Å²) < 4.78 is 1.72. The monoisotopic (exact) mass is 330 g/mol. The van der Waals surface area contributed by atoms with E-state index in [9.17, 15) is 0 Å². The predicted molar refractivity (Wildman–Crippen MR) is 93.8 cm³/mol. The lowest BCUT2D eigenvalue weighted by molar-refractivity contribution is 0.768. The zero-order valence-electron chi connectivity index (χ0n) is 13.0. The largest absolute Gasteiger partial charge is 0.326 e. The minimum absolute atomic E-state index is 0. The molecular weight excluding hydrogens is 312 g/mol. The highest BCUT2D eigenvalue weighted by Gasteiger charge is 2.05. The third-order valence-electron chi connectivity index (χ3n) is 3.47. The Hall–Kier alpha value is -2.44. The van der Waals surface area contributed by atoms with Gasteiger partial charge >= 0.3 is 0 Å². The number of benzene rings is 1. The summed E-state index contributed by atoms with van der Waals surface area (Å²) >= 11 is 0. The van der Waals surface area contributed by atoms with Crippen LogP contribution in [0.5, 0.6) is 0 Å². The van der Waals surface area contributed by atoms with Gasteiger partial charge in [0.15, 0.2) is 0 Å². The highest BCUT2D eigenvalue weighted by molar-refractivity contribution is 5.85. The molecule has 0 aliphatic rings. The van der Waals surface area contributed by atoms with Gasteiger partial charge in [0.2, 0.25) is 5.95 Å². The molecular formula is C16H19ClN6. The van der Waals surface area contributed by atoms with Crippen molar-refractivity contribution >= 4 is 24.0 Å². The van der Waals surface area contributed by atoms with Crippen LogP contribution in [0, 0.1) is 6.92 Å². The quantitative estimate of drug-likeness (QED) is 0.768. The molecule has 2 aromatic heterocycles. The molecule has 0 radical (unpaired) electrons. The predicted octanol–water partition coefficient (Wildman–Crippen LogP) is 2.81. The summed E-state index contributed by atoms with van der Waals surface area (Å²) in [6.45, 7) is 2.60. The van der Waals surface area contributed by atoms with Crippen molar-refractivity contribution in [3.63, 3.8) is 0 Å². The summed E-state index contributed by atoms with van der Waals surface area (Å²) in [5.41, 5.74) is 10.8. The Morgan fingerprint density at radius 1 is 1.26 bits per heavy atom. The van der Waals surface area contributed by atoms with Crippen LogP contribution in [-0.2, 0) is 13.6 Å². The lowest BCUT2D eigenvalue weighted by Crippen LogP contribution is -2.00. The number of nitrogens with zero attached hydrogens (tertiary/aromatic N) is 4. The van der Waals surface area contributed by atoms with Gasteiger partial charge in [0.25, 0.3) is 0 Å². The van der Waals surface area contributed by atoms with Crippen LogP contribution in [0.3, 0.4) is 0 Å². The van der Waals surface area contributed by atoms with Crippen molar-refractivity contribution in [2.24, 2.45) is 12.8 Å². The van der Waals surface area contributed by atoms with Crippen LogP contribution in [0.2, 0.25) is 0 Å². The lowest BCUT2D eigenvalue weighted by atomic mass is 10.0. The van der Waals surface area contributed by atoms with E-state index in [2.05, 4.69) is 33.4 Å². The maximum Gasteiger partial charge on any atom is 0.227 e. The van der Waals surface area contributed by atoms with Gasteiger partial charge < -0.3 is 11.1 Å². The van der Waals surface area contributed by atoms with Gasteiger partial charge in [-0.2, -0.15) is 5.10 Å². The SMILES string of the molecule is Cc1cc(-c2ccnc(Nc3cnn(C)c3)n2)ccc1CN.Cl. The van der Waals surface area contributed by atoms with Crippen molar-refractivity contribution in [2.45, 2.75) is 13.5 Å². The van der Waals surface area contributed by atoms with Crippen LogP contribution < -0.4 is 11.1 Å². The summed E-state index contributed by atoms with van der Waals surface area (Å²) in [6, 6.07) is 8.07. The second-order valence-electron chi connectivity index (χ2n) is 5.14. The molecule has 6 nitrogen and oxygen atoms in total. The third kappa shape index (κ3) is 3.85. The van der Waals surface area contributed by atoms with E-state index in [-0.39, 0.29) is 12.4 Å². The van der Waals surface area contributed by atoms with Gasteiger partial charge in [-0.05, 0) is 30.2 Å². The van der Waals surface area contributed by atoms with Gasteiger partial charge in [0.05, 0.1) is 17.6 Å². The first kappa shape index (κ1) is 16.9. The molecule has 3 aromatic rings. The van der Waals surface area contributed by atoms with E-state index in [1.165, 1.54) is 5.56 Å². The first-order valence-corrected chi connectivity index (χ1v) is 7.04. The summed E-state index contributed by atoms with van der Waals surface area (Å²) in [5, 5.41) is 7.26. The molecule has 0 bridgehead atoms. The number of nitrogens with one attached hydrogen (secondary N) is 1. The Morgan fingerprint density at radius 2 is 2.09 bits per heavy atom. The van der Waals surface area contributed by atoms with E-state index in [4.69, 9.17) is 5.73 Å². The summed E-state index contributed by atoms with van der Waals surface area (Å²) in [7, 11) is 1.87. The van der Waals surface area contributed by atoms with Crippen molar-refractivity contribution in [2.75, 3.05) is 5.32 Å². The molecule has 1 aromatic carbocycles. The normalized spacial score (nSPS) is 10.2. The Labute approximate surface area is 141 Å². The maximum absolute atomic E-state index is 5.71. The van der Waals surface area contributed by atoms with Crippen molar-refractivity contribution in [3.8, 4) is 11.3 Å². The Morgan fingerprint density at radius 3 is 2.74 bits per heavy atom. The van der Waals surface area contributed by atoms with E-state index in [1.54, 1.807) is 17.1 Å². The maximum atomic E-state index is 5.71. The van der Waals surface area contributed by atoms with E-state index < -0.39 is 0 Å². The van der Waals surface area contributed by atoms with Gasteiger partial charge in [0.1, 0.15) is 0 Å². The first-order chi connectivity index (χ1) is 10.7. The van der Waals surface area contributed by atoms with Gasteiger partial charge in [-0.3, -0.25) is 4.68 Å². The molecule has 0 saturated heterocycles. The standard InChI is InChI=1S/C16H18N6.ClH/c1-11-7-12(3-4-13(11)8-17)15-5-6-18-16(21-15)20-14-9-19-22(2)10-14;/h3-7,9-10H,8,17H2,1-2H3,(H,18,20,21);1H. The topological polar surface area (TPSA) is 81.7 Å². The van der Waals surface area contributed by atoms with Crippen molar-refractivity contribution in [3.05, 3.63) is 54.0 Å². The molecule has 0 aliphatic carbocycles. The fraction of sp³-hybridized carbons (Fsp3) is 0.188. The van der Waals surface area contributed by atoms with Crippen LogP contribution in [0.1, 0.15) is 11.1 Å². The van der Waals surface area contributed by atoms with E-state index in [0.29, 0.717) is 12.5 Å². The molecule has 0 aliphatic heterocycles. The van der Waals surface area contributed by atoms with Crippen molar-refractivity contribution < 1.29 is 0 Å². The fourth-order valence-electron chi connectivity index (χ4n) is 2.28. The molecule has 0 spiro atoms. The summed E-state index contributed by atoms with van der Waals surface area (Å²) in [4.78, 5) is 8.80. The lowest BCUT2D eigenvalue weighted by Gasteiger charge is -2.08. The highest BCUT2D eigenvalue weighted by atomic mass is 35.5. The van der Waals surface area contributed by atoms with E-state index in [1.807, 2.05) is 31.4 Å². The van der Waals surface area contributed by atoms with Crippen molar-refractivity contribution in [1.82, 2.24) is 19.7 Å². The third-order valence-corrected chi connectivity index (χ3v) is 3.47. The zero-order chi connectivity index (χ0) is 15.5. The average molecular weight is 331 g/mol. The molecule has 23 heavy (non-hydrogen) atoms. The van der Waals surface area contributed by atoms with Gasteiger partial charge in [-0.1, -0.05) is 12.1 Å². The number of halogens is 1. The van der Waals surface area contributed by atoms with Gasteiger partial charge in [0, 0.05) is 31.5 Å². The van der Waals surface area contributed by atoms with Gasteiger partial charge in [-0.25, -0.2) is 9.97 Å². The molecule has 0 atom stereocenters. The van der Waals surface area contributed by atoms with E-state index in [0.717, 1.165) is 22.5 Å². The Balaban J connectivity index is 0.00000192. The van der Waals surface area contributed by atoms with Crippen LogP contribution in [0.4, 0.5) is 11.6 Å². The number of aryl methyl sites for hydroxylation is 2. The molecule has 0 unspecified atom stereocenters. The second-order valence-corrected chi connectivity index (χ2v) is 5.14. The van der Waals surface area contributed by atoms with Crippen LogP contribution in [-0.4, -0.2) is 19.7 Å². The van der Waals surface area contributed by atoms with Crippen molar-refractivity contribution in [1.29, 1.82) is 0 Å². The molecule has 2 heterocycles. The molecule has 120 valence electrons. The highest BCUT2D eigenvalue weighted by Crippen LogP contribution is 2.22. The van der Waals surface area contributed by atoms with E-state index >= 15 is 0 Å². The van der Waals surface area contributed by atoms with Gasteiger partial charge in [-0.15, -0.1) is 12.4 Å². The smallest absolute Gasteiger partial charge is 0.227 e. The molecule has 3 rings (SSSR count). The summed E-state index contributed by atoms with van der Waals surface area (Å²) in [5.74, 6) is 0.547. The Bertz CT molecular complexity index is 799. The average Bonchev–Trinajstić information content (AvgIpc) is 2.92. The summed E-state index contributed by atoms with van der Waals surface area (Å²) in [6.07, 6.45) is 5.35. The molecule has 0 saturated carbocycles. The van der Waals surface area contributed by atoms with Crippen LogP contribution in [0.15, 0.2) is 42.9 Å². The van der Waals surface area contributed by atoms with Crippen LogP contribution in [0.25, 0.3) is 11.3 Å². The Kier molecular flexibility index (Phi) is 5.31. The van der Waals surface area contributed by atoms with Crippen LogP contribution >= 0.6 is 12.4 Å². The fourth-order valence-corrected chi connectivity index (χ4v) is 2.28.